The summed E-state index contributed by atoms with van der Waals surface area (Å²) in [6, 6.07) is 1.82. The Hall–Kier alpha value is -2.19. The monoisotopic (exact) mass is 292 g/mol. The van der Waals surface area contributed by atoms with Crippen LogP contribution in [0.1, 0.15) is 10.4 Å². The zero-order valence-corrected chi connectivity index (χ0v) is 11.6. The first-order chi connectivity index (χ1) is 10.2. The molecule has 21 heavy (non-hydrogen) atoms. The molecule has 2 aromatic heterocycles. The summed E-state index contributed by atoms with van der Waals surface area (Å²) in [4.78, 5) is 17.6. The predicted octanol–water partition coefficient (Wildman–Crippen LogP) is 0.279. The van der Waals surface area contributed by atoms with Crippen LogP contribution in [-0.4, -0.2) is 65.2 Å². The van der Waals surface area contributed by atoms with Crippen LogP contribution in [0.3, 0.4) is 0 Å². The molecule has 0 saturated carbocycles. The Kier molecular flexibility index (Phi) is 3.72. The maximum absolute atomic E-state index is 11.2. The second kappa shape index (κ2) is 5.66. The van der Waals surface area contributed by atoms with Crippen molar-refractivity contribution in [2.75, 3.05) is 38.3 Å². The van der Waals surface area contributed by atoms with Crippen LogP contribution in [0.5, 0.6) is 0 Å². The Morgan fingerprint density at radius 3 is 3.24 bits per heavy atom. The smallest absolute Gasteiger partial charge is 0.341 e. The zero-order chi connectivity index (χ0) is 14.8. The molecule has 2 aromatic rings. The number of rotatable bonds is 4. The average Bonchev–Trinajstić information content (AvgIpc) is 2.91. The van der Waals surface area contributed by atoms with Gasteiger partial charge < -0.3 is 19.5 Å². The van der Waals surface area contributed by atoms with E-state index in [1.54, 1.807) is 13.3 Å². The lowest BCUT2D eigenvalue weighted by Gasteiger charge is -2.33. The second-order valence-corrected chi connectivity index (χ2v) is 4.81. The first kappa shape index (κ1) is 13.8. The number of aromatic nitrogens is 3. The third-order valence-electron chi connectivity index (χ3n) is 3.40. The van der Waals surface area contributed by atoms with E-state index in [-0.39, 0.29) is 11.7 Å². The fraction of sp³-hybridized carbons (Fsp3) is 0.462. The summed E-state index contributed by atoms with van der Waals surface area (Å²) in [5, 5.41) is 13.1. The van der Waals surface area contributed by atoms with E-state index >= 15 is 0 Å². The number of carboxylic acids is 1. The van der Waals surface area contributed by atoms with Crippen LogP contribution in [-0.2, 0) is 9.47 Å². The van der Waals surface area contributed by atoms with Crippen molar-refractivity contribution in [2.24, 2.45) is 0 Å². The van der Waals surface area contributed by atoms with Crippen LogP contribution in [0.2, 0.25) is 0 Å². The molecule has 0 spiro atoms. The van der Waals surface area contributed by atoms with E-state index in [1.165, 1.54) is 10.7 Å². The Bertz CT molecular complexity index is 655. The minimum Gasteiger partial charge on any atom is -0.477 e. The van der Waals surface area contributed by atoms with Gasteiger partial charge in [0.15, 0.2) is 5.65 Å². The molecule has 0 radical (unpaired) electrons. The van der Waals surface area contributed by atoms with Gasteiger partial charge in [-0.2, -0.15) is 5.10 Å². The second-order valence-electron chi connectivity index (χ2n) is 4.81. The summed E-state index contributed by atoms with van der Waals surface area (Å²) in [5.41, 5.74) is 0.438. The van der Waals surface area contributed by atoms with Crippen LogP contribution in [0.25, 0.3) is 5.65 Å². The fourth-order valence-corrected chi connectivity index (χ4v) is 2.40. The van der Waals surface area contributed by atoms with Crippen molar-refractivity contribution in [1.29, 1.82) is 0 Å². The summed E-state index contributed by atoms with van der Waals surface area (Å²) in [5.74, 6) is -0.316. The summed E-state index contributed by atoms with van der Waals surface area (Å²) < 4.78 is 12.2. The van der Waals surface area contributed by atoms with Crippen molar-refractivity contribution in [3.63, 3.8) is 0 Å². The molecule has 0 aliphatic carbocycles. The number of morpholine rings is 1. The fourth-order valence-electron chi connectivity index (χ4n) is 2.40. The first-order valence-corrected chi connectivity index (χ1v) is 6.62. The van der Waals surface area contributed by atoms with Crippen molar-refractivity contribution < 1.29 is 19.4 Å². The highest BCUT2D eigenvalue weighted by atomic mass is 16.5. The van der Waals surface area contributed by atoms with Crippen molar-refractivity contribution in [2.45, 2.75) is 6.10 Å². The zero-order valence-electron chi connectivity index (χ0n) is 11.6. The van der Waals surface area contributed by atoms with E-state index in [9.17, 15) is 4.79 Å². The molecule has 1 atom stereocenters. The molecule has 1 aliphatic heterocycles. The average molecular weight is 292 g/mol. The molecule has 8 heteroatoms. The van der Waals surface area contributed by atoms with Crippen molar-refractivity contribution >= 4 is 17.4 Å². The van der Waals surface area contributed by atoms with E-state index in [0.717, 1.165) is 5.82 Å². The lowest BCUT2D eigenvalue weighted by atomic mass is 10.3. The van der Waals surface area contributed by atoms with Gasteiger partial charge in [-0.3, -0.25) is 0 Å². The van der Waals surface area contributed by atoms with Gasteiger partial charge in [0.05, 0.1) is 25.5 Å². The van der Waals surface area contributed by atoms with Gasteiger partial charge in [0.2, 0.25) is 0 Å². The largest absolute Gasteiger partial charge is 0.477 e. The Morgan fingerprint density at radius 2 is 2.48 bits per heavy atom. The summed E-state index contributed by atoms with van der Waals surface area (Å²) in [7, 11) is 1.64. The molecular formula is C13H16N4O4. The number of fused-ring (bicyclic) bond motifs is 1. The highest BCUT2D eigenvalue weighted by molar-refractivity contribution is 5.94. The minimum absolute atomic E-state index is 0.00867. The molecule has 112 valence electrons. The van der Waals surface area contributed by atoms with E-state index < -0.39 is 5.97 Å². The molecule has 1 aliphatic rings. The highest BCUT2D eigenvalue weighted by Gasteiger charge is 2.22. The van der Waals surface area contributed by atoms with Crippen molar-refractivity contribution in [1.82, 2.24) is 14.6 Å². The van der Waals surface area contributed by atoms with Gasteiger partial charge in [-0.15, -0.1) is 0 Å². The predicted molar refractivity (Wildman–Crippen MR) is 73.8 cm³/mol. The molecule has 1 fully saturated rings. The SMILES string of the molecule is COC[C@H]1CN(c2ccn3ncc(C(=O)O)c3n2)CCO1. The van der Waals surface area contributed by atoms with Crippen molar-refractivity contribution in [3.8, 4) is 0 Å². The molecule has 0 unspecified atom stereocenters. The molecule has 0 amide bonds. The molecular weight excluding hydrogens is 276 g/mol. The number of carbonyl (C=O) groups is 1. The van der Waals surface area contributed by atoms with Gasteiger partial charge in [0, 0.05) is 26.4 Å². The van der Waals surface area contributed by atoms with Crippen LogP contribution in [0.15, 0.2) is 18.5 Å². The Balaban J connectivity index is 1.89. The minimum atomic E-state index is -1.03. The third kappa shape index (κ3) is 2.67. The van der Waals surface area contributed by atoms with Gasteiger partial charge in [-0.25, -0.2) is 14.3 Å². The number of carboxylic acid groups (broad SMARTS) is 1. The van der Waals surface area contributed by atoms with Crippen LogP contribution in [0, 0.1) is 0 Å². The number of ether oxygens (including phenoxy) is 2. The summed E-state index contributed by atoms with van der Waals surface area (Å²) in [6.45, 7) is 2.48. The lowest BCUT2D eigenvalue weighted by molar-refractivity contribution is -0.0102. The van der Waals surface area contributed by atoms with Gasteiger partial charge >= 0.3 is 5.97 Å². The van der Waals surface area contributed by atoms with Gasteiger partial charge in [0.25, 0.3) is 0 Å². The highest BCUT2D eigenvalue weighted by Crippen LogP contribution is 2.18. The number of anilines is 1. The van der Waals surface area contributed by atoms with E-state index in [4.69, 9.17) is 14.6 Å². The van der Waals surface area contributed by atoms with Crippen molar-refractivity contribution in [3.05, 3.63) is 24.0 Å². The maximum Gasteiger partial charge on any atom is 0.341 e. The molecule has 0 bridgehead atoms. The molecule has 1 saturated heterocycles. The Labute approximate surface area is 120 Å². The van der Waals surface area contributed by atoms with Gasteiger partial charge in [-0.05, 0) is 6.07 Å². The van der Waals surface area contributed by atoms with Crippen LogP contribution < -0.4 is 4.90 Å². The van der Waals surface area contributed by atoms with Gasteiger partial charge in [0.1, 0.15) is 11.4 Å². The molecule has 0 aromatic carbocycles. The van der Waals surface area contributed by atoms with Crippen LogP contribution in [0.4, 0.5) is 5.82 Å². The standard InChI is InChI=1S/C13H16N4O4/c1-20-8-9-7-16(4-5-21-9)11-2-3-17-12(15-11)10(6-14-17)13(18)19/h2-3,6,9H,4-5,7-8H2,1H3,(H,18,19)/t9-/m1/s1. The van der Waals surface area contributed by atoms with E-state index in [2.05, 4.69) is 15.0 Å². The molecule has 3 heterocycles. The lowest BCUT2D eigenvalue weighted by Crippen LogP contribution is -2.44. The molecule has 8 nitrogen and oxygen atoms in total. The van der Waals surface area contributed by atoms with Crippen LogP contribution >= 0.6 is 0 Å². The number of hydrogen-bond donors (Lipinski definition) is 1. The number of methoxy groups -OCH3 is 1. The summed E-state index contributed by atoms with van der Waals surface area (Å²) in [6.07, 6.45) is 3.01. The van der Waals surface area contributed by atoms with E-state index in [1.807, 2.05) is 6.07 Å². The number of hydrogen-bond acceptors (Lipinski definition) is 6. The quantitative estimate of drug-likeness (QED) is 0.865. The summed E-state index contributed by atoms with van der Waals surface area (Å²) >= 11 is 0. The third-order valence-corrected chi connectivity index (χ3v) is 3.40. The molecule has 3 rings (SSSR count). The Morgan fingerprint density at radius 1 is 1.62 bits per heavy atom. The van der Waals surface area contributed by atoms with Gasteiger partial charge in [-0.1, -0.05) is 0 Å². The normalized spacial score (nSPS) is 19.1. The number of nitrogens with zero attached hydrogens (tertiary/aromatic N) is 4. The maximum atomic E-state index is 11.2. The molecule has 1 N–H and O–H groups in total. The first-order valence-electron chi connectivity index (χ1n) is 6.62. The van der Waals surface area contributed by atoms with E-state index in [0.29, 0.717) is 32.0 Å². The topological polar surface area (TPSA) is 89.2 Å². The number of aromatic carboxylic acids is 1.